The quantitative estimate of drug-likeness (QED) is 0.803. The van der Waals surface area contributed by atoms with Crippen LogP contribution in [0.2, 0.25) is 0 Å². The topological polar surface area (TPSA) is 78.3 Å². The van der Waals surface area contributed by atoms with Gasteiger partial charge in [-0.15, -0.1) is 0 Å². The molecule has 1 aliphatic carbocycles. The van der Waals surface area contributed by atoms with Gasteiger partial charge in [0.2, 0.25) is 0 Å². The molecule has 0 atom stereocenters. The van der Waals surface area contributed by atoms with Gasteiger partial charge < -0.3 is 16.2 Å². The molecule has 18 heavy (non-hydrogen) atoms. The lowest BCUT2D eigenvalue weighted by Crippen LogP contribution is -2.16. The maximum Gasteiger partial charge on any atom is 0.250 e. The zero-order valence-corrected chi connectivity index (χ0v) is 10.5. The molecule has 4 N–H and O–H groups in total. The molecule has 0 aromatic heterocycles. The third-order valence-corrected chi connectivity index (χ3v) is 3.50. The molecule has 4 heteroatoms. The van der Waals surface area contributed by atoms with Gasteiger partial charge in [-0.25, -0.2) is 0 Å². The number of carbonyl (C=O) groups excluding carboxylic acids is 1. The Kier molecular flexibility index (Phi) is 4.07. The van der Waals surface area contributed by atoms with Crippen LogP contribution in [0.1, 0.15) is 42.5 Å². The summed E-state index contributed by atoms with van der Waals surface area (Å²) in [6, 6.07) is 5.07. The molecule has 2 rings (SSSR count). The first-order chi connectivity index (χ1) is 8.66. The van der Waals surface area contributed by atoms with Gasteiger partial charge in [0.1, 0.15) is 5.75 Å². The maximum atomic E-state index is 11.2. The molecule has 0 spiro atoms. The number of amides is 1. The summed E-state index contributed by atoms with van der Waals surface area (Å²) in [7, 11) is 0. The molecule has 1 aromatic carbocycles. The van der Waals surface area contributed by atoms with Crippen molar-refractivity contribution in [3.63, 3.8) is 0 Å². The number of ether oxygens (including phenoxy) is 1. The second-order valence-corrected chi connectivity index (χ2v) is 4.93. The number of primary amides is 1. The summed E-state index contributed by atoms with van der Waals surface area (Å²) in [6.45, 7) is 0.710. The minimum atomic E-state index is -0.518. The third kappa shape index (κ3) is 3.15. The van der Waals surface area contributed by atoms with E-state index in [0.717, 1.165) is 0 Å². The number of anilines is 1. The third-order valence-electron chi connectivity index (χ3n) is 3.50. The molecule has 4 nitrogen and oxygen atoms in total. The molecule has 1 amide bonds. The average molecular weight is 248 g/mol. The van der Waals surface area contributed by atoms with Crippen molar-refractivity contribution < 1.29 is 9.53 Å². The fourth-order valence-electron chi connectivity index (χ4n) is 2.41. The van der Waals surface area contributed by atoms with Crippen molar-refractivity contribution in [1.82, 2.24) is 0 Å². The summed E-state index contributed by atoms with van der Waals surface area (Å²) in [5.41, 5.74) is 11.6. The van der Waals surface area contributed by atoms with E-state index in [0.29, 0.717) is 29.5 Å². The van der Waals surface area contributed by atoms with E-state index in [1.54, 1.807) is 18.2 Å². The number of hydrogen-bond donors (Lipinski definition) is 2. The van der Waals surface area contributed by atoms with E-state index in [1.165, 1.54) is 32.1 Å². The molecule has 1 aromatic rings. The van der Waals surface area contributed by atoms with E-state index in [-0.39, 0.29) is 0 Å². The molecule has 98 valence electrons. The summed E-state index contributed by atoms with van der Waals surface area (Å²) in [5, 5.41) is 0. The van der Waals surface area contributed by atoms with Crippen molar-refractivity contribution in [2.24, 2.45) is 11.7 Å². The van der Waals surface area contributed by atoms with Gasteiger partial charge in [-0.05, 0) is 37.0 Å². The predicted molar refractivity (Wildman–Crippen MR) is 71.4 cm³/mol. The molecule has 1 saturated carbocycles. The van der Waals surface area contributed by atoms with E-state index < -0.39 is 5.91 Å². The Morgan fingerprint density at radius 3 is 2.67 bits per heavy atom. The lowest BCUT2D eigenvalue weighted by Gasteiger charge is -2.21. The molecule has 1 aliphatic rings. The van der Waals surface area contributed by atoms with E-state index in [9.17, 15) is 4.79 Å². The van der Waals surface area contributed by atoms with Crippen molar-refractivity contribution in [3.05, 3.63) is 23.8 Å². The number of benzene rings is 1. The highest BCUT2D eigenvalue weighted by molar-refractivity contribution is 5.98. The van der Waals surface area contributed by atoms with Crippen LogP contribution in [0.3, 0.4) is 0 Å². The van der Waals surface area contributed by atoms with Crippen molar-refractivity contribution >= 4 is 11.6 Å². The number of hydrogen-bond acceptors (Lipinski definition) is 3. The van der Waals surface area contributed by atoms with Crippen LogP contribution >= 0.6 is 0 Å². The Labute approximate surface area is 107 Å². The van der Waals surface area contributed by atoms with Gasteiger partial charge in [-0.1, -0.05) is 19.3 Å². The molecular weight excluding hydrogens is 228 g/mol. The fourth-order valence-corrected chi connectivity index (χ4v) is 2.41. The zero-order valence-electron chi connectivity index (χ0n) is 10.5. The molecule has 0 saturated heterocycles. The van der Waals surface area contributed by atoms with Crippen LogP contribution in [0.5, 0.6) is 5.75 Å². The van der Waals surface area contributed by atoms with Gasteiger partial charge in [0.15, 0.2) is 0 Å². The Morgan fingerprint density at radius 2 is 2.00 bits per heavy atom. The number of rotatable bonds is 4. The summed E-state index contributed by atoms with van der Waals surface area (Å²) in [6.07, 6.45) is 6.39. The van der Waals surface area contributed by atoms with Crippen LogP contribution in [-0.2, 0) is 0 Å². The Bertz CT molecular complexity index is 426. The molecule has 0 bridgehead atoms. The monoisotopic (exact) mass is 248 g/mol. The van der Waals surface area contributed by atoms with Crippen LogP contribution in [0.4, 0.5) is 5.69 Å². The zero-order chi connectivity index (χ0) is 13.0. The van der Waals surface area contributed by atoms with Crippen molar-refractivity contribution in [3.8, 4) is 5.75 Å². The number of nitrogen functional groups attached to an aromatic ring is 1. The van der Waals surface area contributed by atoms with Crippen LogP contribution < -0.4 is 16.2 Å². The van der Waals surface area contributed by atoms with Gasteiger partial charge in [0.05, 0.1) is 12.2 Å². The lowest BCUT2D eigenvalue weighted by atomic mass is 9.90. The lowest BCUT2D eigenvalue weighted by molar-refractivity contribution is 0.100. The van der Waals surface area contributed by atoms with Crippen LogP contribution in [-0.4, -0.2) is 12.5 Å². The number of nitrogens with two attached hydrogens (primary N) is 2. The fraction of sp³-hybridized carbons (Fsp3) is 0.500. The molecule has 0 radical (unpaired) electrons. The van der Waals surface area contributed by atoms with E-state index in [4.69, 9.17) is 16.2 Å². The van der Waals surface area contributed by atoms with E-state index in [1.807, 2.05) is 0 Å². The molecule has 0 aliphatic heterocycles. The second-order valence-electron chi connectivity index (χ2n) is 4.93. The summed E-state index contributed by atoms with van der Waals surface area (Å²) in [5.74, 6) is 0.785. The second kappa shape index (κ2) is 5.76. The summed E-state index contributed by atoms with van der Waals surface area (Å²) in [4.78, 5) is 11.2. The van der Waals surface area contributed by atoms with Gasteiger partial charge in [-0.2, -0.15) is 0 Å². The summed E-state index contributed by atoms with van der Waals surface area (Å²) < 4.78 is 5.73. The van der Waals surface area contributed by atoms with E-state index >= 15 is 0 Å². The Hall–Kier alpha value is -1.71. The van der Waals surface area contributed by atoms with Crippen LogP contribution in [0, 0.1) is 5.92 Å². The molecule has 0 unspecified atom stereocenters. The highest BCUT2D eigenvalue weighted by Crippen LogP contribution is 2.25. The minimum Gasteiger partial charge on any atom is -0.493 e. The van der Waals surface area contributed by atoms with Crippen LogP contribution in [0.15, 0.2) is 18.2 Å². The Morgan fingerprint density at radius 1 is 1.28 bits per heavy atom. The maximum absolute atomic E-state index is 11.2. The normalized spacial score (nSPS) is 16.4. The first-order valence-electron chi connectivity index (χ1n) is 6.49. The van der Waals surface area contributed by atoms with Gasteiger partial charge in [-0.3, -0.25) is 4.79 Å². The summed E-state index contributed by atoms with van der Waals surface area (Å²) >= 11 is 0. The van der Waals surface area contributed by atoms with Crippen molar-refractivity contribution in [1.29, 1.82) is 0 Å². The molecule has 0 heterocycles. The van der Waals surface area contributed by atoms with Gasteiger partial charge >= 0.3 is 0 Å². The molecular formula is C14H20N2O2. The SMILES string of the molecule is NC(=O)c1cc(OCC2CCCCC2)ccc1N. The van der Waals surface area contributed by atoms with Gasteiger partial charge in [0.25, 0.3) is 5.91 Å². The minimum absolute atomic E-state index is 0.330. The van der Waals surface area contributed by atoms with E-state index in [2.05, 4.69) is 0 Å². The largest absolute Gasteiger partial charge is 0.493 e. The first kappa shape index (κ1) is 12.7. The smallest absolute Gasteiger partial charge is 0.250 e. The van der Waals surface area contributed by atoms with Crippen LogP contribution in [0.25, 0.3) is 0 Å². The van der Waals surface area contributed by atoms with Gasteiger partial charge in [0, 0.05) is 5.69 Å². The average Bonchev–Trinajstić information content (AvgIpc) is 2.38. The standard InChI is InChI=1S/C14H20N2O2/c15-13-7-6-11(8-12(13)14(16)17)18-9-10-4-2-1-3-5-10/h6-8,10H,1-5,9,15H2,(H2,16,17). The van der Waals surface area contributed by atoms with Crippen molar-refractivity contribution in [2.45, 2.75) is 32.1 Å². The predicted octanol–water partition coefficient (Wildman–Crippen LogP) is 2.33. The number of carbonyl (C=O) groups is 1. The highest BCUT2D eigenvalue weighted by Gasteiger charge is 2.14. The Balaban J connectivity index is 1.96. The highest BCUT2D eigenvalue weighted by atomic mass is 16.5. The first-order valence-corrected chi connectivity index (χ1v) is 6.49. The van der Waals surface area contributed by atoms with Crippen molar-refractivity contribution in [2.75, 3.05) is 12.3 Å². The molecule has 1 fully saturated rings.